The smallest absolute Gasteiger partial charge is 0.329 e. The number of urea groups is 1. The molecule has 1 aliphatic heterocycles. The average molecular weight is 616 g/mol. The zero-order valence-electron chi connectivity index (χ0n) is 27.9. The zero-order chi connectivity index (χ0) is 33.6. The third-order valence-electron chi connectivity index (χ3n) is 9.07. The van der Waals surface area contributed by atoms with Gasteiger partial charge < -0.3 is 20.3 Å². The molecule has 2 fully saturated rings. The zero-order valence-corrected chi connectivity index (χ0v) is 27.9. The van der Waals surface area contributed by atoms with E-state index in [9.17, 15) is 28.8 Å². The van der Waals surface area contributed by atoms with Crippen molar-refractivity contribution >= 4 is 35.3 Å². The van der Waals surface area contributed by atoms with Crippen LogP contribution < -0.4 is 10.6 Å². The highest BCUT2D eigenvalue weighted by Crippen LogP contribution is 2.65. The predicted molar refractivity (Wildman–Crippen MR) is 168 cm³/mol. The number of hydrogen-bond acceptors (Lipinski definition) is 7. The molecule has 1 saturated heterocycles. The summed E-state index contributed by atoms with van der Waals surface area (Å²) >= 11 is 0. The van der Waals surface area contributed by atoms with Gasteiger partial charge in [0.2, 0.25) is 11.7 Å². The number of allylic oxidation sites excluding steroid dienone is 1. The molecule has 2 aliphatic rings. The van der Waals surface area contributed by atoms with Crippen molar-refractivity contribution in [2.24, 2.45) is 34.5 Å². The molecule has 10 nitrogen and oxygen atoms in total. The van der Waals surface area contributed by atoms with E-state index in [2.05, 4.69) is 37.6 Å². The SMILES string of the molecule is C=CCCC(=O)C(=O)C(CCC)CC(=O)[C@@H]1[C@@H]2[C@H](CN1C(=O)[C@@H](NC(=O)N[C@H](C(=O)OCC=C)C(C)C)C(C)(C)C)C2(C)C. The number of fused-ring (bicyclic) bond motifs is 1. The van der Waals surface area contributed by atoms with Crippen molar-refractivity contribution in [3.8, 4) is 0 Å². The fourth-order valence-electron chi connectivity index (χ4n) is 6.36. The molecule has 1 heterocycles. The molecule has 10 heteroatoms. The van der Waals surface area contributed by atoms with Crippen LogP contribution in [0.3, 0.4) is 0 Å². The van der Waals surface area contributed by atoms with Gasteiger partial charge >= 0.3 is 12.0 Å². The number of likely N-dealkylation sites (tertiary alicyclic amines) is 1. The summed E-state index contributed by atoms with van der Waals surface area (Å²) in [5.74, 6) is -3.27. The number of rotatable bonds is 17. The fraction of sp³-hybridized carbons (Fsp3) is 0.706. The molecule has 0 aromatic rings. The maximum Gasteiger partial charge on any atom is 0.329 e. The first-order valence-corrected chi connectivity index (χ1v) is 15.8. The first-order valence-electron chi connectivity index (χ1n) is 15.8. The minimum absolute atomic E-state index is 0.00517. The van der Waals surface area contributed by atoms with Crippen molar-refractivity contribution in [3.63, 3.8) is 0 Å². The summed E-state index contributed by atoms with van der Waals surface area (Å²) in [7, 11) is 0. The van der Waals surface area contributed by atoms with Gasteiger partial charge in [0.15, 0.2) is 11.6 Å². The van der Waals surface area contributed by atoms with Crippen LogP contribution in [0.15, 0.2) is 25.3 Å². The number of piperidine rings is 1. The summed E-state index contributed by atoms with van der Waals surface area (Å²) in [5, 5.41) is 5.41. The molecule has 1 saturated carbocycles. The molecular weight excluding hydrogens is 562 g/mol. The minimum atomic E-state index is -1.01. The van der Waals surface area contributed by atoms with Gasteiger partial charge in [-0.2, -0.15) is 0 Å². The number of Topliss-reactive ketones (excluding diaryl/α,β-unsaturated/α-hetero) is 3. The van der Waals surface area contributed by atoms with Crippen molar-refractivity contribution in [2.45, 2.75) is 106 Å². The Kier molecular flexibility index (Phi) is 12.7. The Balaban J connectivity index is 2.30. The van der Waals surface area contributed by atoms with Gasteiger partial charge in [-0.25, -0.2) is 9.59 Å². The van der Waals surface area contributed by atoms with Crippen LogP contribution in [0.5, 0.6) is 0 Å². The molecule has 0 bridgehead atoms. The second-order valence-corrected chi connectivity index (χ2v) is 14.2. The van der Waals surface area contributed by atoms with Gasteiger partial charge in [0.05, 0.1) is 6.04 Å². The molecule has 0 radical (unpaired) electrons. The van der Waals surface area contributed by atoms with Gasteiger partial charge in [-0.1, -0.05) is 80.5 Å². The van der Waals surface area contributed by atoms with Gasteiger partial charge in [0.1, 0.15) is 18.7 Å². The van der Waals surface area contributed by atoms with Crippen molar-refractivity contribution in [3.05, 3.63) is 25.3 Å². The van der Waals surface area contributed by atoms with Gasteiger partial charge in [-0.05, 0) is 41.4 Å². The number of ether oxygens (including phenoxy) is 1. The van der Waals surface area contributed by atoms with Crippen LogP contribution in [0.2, 0.25) is 0 Å². The highest BCUT2D eigenvalue weighted by molar-refractivity contribution is 6.38. The first-order chi connectivity index (χ1) is 20.4. The Morgan fingerprint density at radius 1 is 1.05 bits per heavy atom. The number of carbonyl (C=O) groups is 6. The van der Waals surface area contributed by atoms with Gasteiger partial charge in [0.25, 0.3) is 0 Å². The van der Waals surface area contributed by atoms with E-state index in [-0.39, 0.29) is 48.4 Å². The standard InChI is InChI=1S/C34H53N3O7/c1-11-14-16-23(38)28(40)21(15-12-2)18-24(39)27-25-22(34(25,9)10)19-37(27)30(41)29(33(6,7)8)36-32(43)35-26(20(4)5)31(42)44-17-13-3/h11,13,20-22,25-27,29H,1,3,12,14-19H2,2,4-10H3,(H2,35,36,43)/t21?,22-,25-,26-,27+,29+/m0/s1. The normalized spacial score (nSPS) is 22.2. The number of nitrogens with zero attached hydrogens (tertiary/aromatic N) is 1. The van der Waals surface area contributed by atoms with E-state index in [4.69, 9.17) is 4.74 Å². The van der Waals surface area contributed by atoms with E-state index >= 15 is 0 Å². The van der Waals surface area contributed by atoms with E-state index in [0.29, 0.717) is 25.8 Å². The lowest BCUT2D eigenvalue weighted by molar-refractivity contribution is -0.145. The molecule has 0 aromatic carbocycles. The van der Waals surface area contributed by atoms with Crippen molar-refractivity contribution in [2.75, 3.05) is 13.2 Å². The highest BCUT2D eigenvalue weighted by atomic mass is 16.5. The summed E-state index contributed by atoms with van der Waals surface area (Å²) < 4.78 is 5.13. The van der Waals surface area contributed by atoms with E-state index < -0.39 is 58.9 Å². The van der Waals surface area contributed by atoms with Crippen LogP contribution in [0.1, 0.15) is 87.5 Å². The molecular formula is C34H53N3O7. The largest absolute Gasteiger partial charge is 0.460 e. The predicted octanol–water partition coefficient (Wildman–Crippen LogP) is 4.42. The van der Waals surface area contributed by atoms with Gasteiger partial charge in [0, 0.05) is 25.3 Å². The molecule has 3 amide bonds. The number of ketones is 3. The summed E-state index contributed by atoms with van der Waals surface area (Å²) in [5.41, 5.74) is -0.890. The van der Waals surface area contributed by atoms with E-state index in [0.717, 1.165) is 0 Å². The van der Waals surface area contributed by atoms with Crippen LogP contribution in [0.4, 0.5) is 4.79 Å². The Labute approximate surface area is 262 Å². The van der Waals surface area contributed by atoms with Gasteiger partial charge in [-0.15, -0.1) is 6.58 Å². The fourth-order valence-corrected chi connectivity index (χ4v) is 6.36. The maximum atomic E-state index is 14.2. The Morgan fingerprint density at radius 3 is 2.20 bits per heavy atom. The molecule has 6 atom stereocenters. The molecule has 1 aliphatic carbocycles. The number of amides is 3. The second-order valence-electron chi connectivity index (χ2n) is 14.2. The summed E-state index contributed by atoms with van der Waals surface area (Å²) in [4.78, 5) is 80.9. The van der Waals surface area contributed by atoms with E-state index in [1.165, 1.54) is 6.08 Å². The van der Waals surface area contributed by atoms with Crippen LogP contribution in [-0.4, -0.2) is 71.4 Å². The van der Waals surface area contributed by atoms with Crippen molar-refractivity contribution < 1.29 is 33.5 Å². The topological polar surface area (TPSA) is 139 Å². The Morgan fingerprint density at radius 2 is 1.68 bits per heavy atom. The third kappa shape index (κ3) is 8.66. The van der Waals surface area contributed by atoms with Crippen LogP contribution in [-0.2, 0) is 28.7 Å². The van der Waals surface area contributed by atoms with Crippen LogP contribution >= 0.6 is 0 Å². The molecule has 246 valence electrons. The molecule has 44 heavy (non-hydrogen) atoms. The highest BCUT2D eigenvalue weighted by Gasteiger charge is 2.69. The lowest BCUT2D eigenvalue weighted by Gasteiger charge is -2.38. The number of hydrogen-bond donors (Lipinski definition) is 2. The number of nitrogens with one attached hydrogen (secondary N) is 2. The van der Waals surface area contributed by atoms with Crippen LogP contribution in [0, 0.1) is 34.5 Å². The van der Waals surface area contributed by atoms with Crippen molar-refractivity contribution in [1.29, 1.82) is 0 Å². The molecule has 0 spiro atoms. The van der Waals surface area contributed by atoms with Gasteiger partial charge in [-0.3, -0.25) is 19.2 Å². The lowest BCUT2D eigenvalue weighted by atomic mass is 9.84. The monoisotopic (exact) mass is 615 g/mol. The lowest BCUT2D eigenvalue weighted by Crippen LogP contribution is -2.61. The maximum absolute atomic E-state index is 14.2. The Bertz CT molecular complexity index is 1140. The van der Waals surface area contributed by atoms with E-state index in [1.54, 1.807) is 24.8 Å². The van der Waals surface area contributed by atoms with E-state index in [1.807, 2.05) is 27.7 Å². The first kappa shape index (κ1) is 36.9. The molecule has 0 aromatic heterocycles. The quantitative estimate of drug-likeness (QED) is 0.140. The third-order valence-corrected chi connectivity index (χ3v) is 9.07. The summed E-state index contributed by atoms with van der Waals surface area (Å²) in [6, 6.07) is -3.41. The van der Waals surface area contributed by atoms with Crippen molar-refractivity contribution in [1.82, 2.24) is 15.5 Å². The summed E-state index contributed by atoms with van der Waals surface area (Å²) in [6.07, 6.45) is 4.39. The summed E-state index contributed by atoms with van der Waals surface area (Å²) in [6.45, 7) is 22.5. The Hall–Kier alpha value is -3.30. The molecule has 2 rings (SSSR count). The second kappa shape index (κ2) is 15.1. The number of esters is 1. The van der Waals surface area contributed by atoms with Crippen LogP contribution in [0.25, 0.3) is 0 Å². The molecule has 1 unspecified atom stereocenters. The minimum Gasteiger partial charge on any atom is -0.460 e. The number of carbonyl (C=O) groups excluding carboxylic acids is 6. The average Bonchev–Trinajstić information content (AvgIpc) is 3.26. The molecule has 2 N–H and O–H groups in total.